The van der Waals surface area contributed by atoms with Crippen molar-refractivity contribution in [2.24, 2.45) is 0 Å². The monoisotopic (exact) mass is 266 g/mol. The predicted molar refractivity (Wildman–Crippen MR) is 77.0 cm³/mol. The minimum atomic E-state index is -0.125. The van der Waals surface area contributed by atoms with E-state index in [0.717, 1.165) is 30.9 Å². The van der Waals surface area contributed by atoms with Gasteiger partial charge in [-0.1, -0.05) is 13.0 Å². The minimum absolute atomic E-state index is 0.125. The third kappa shape index (κ3) is 6.66. The Morgan fingerprint density at radius 3 is 2.68 bits per heavy atom. The summed E-state index contributed by atoms with van der Waals surface area (Å²) in [5, 5.41) is 3.27. The van der Waals surface area contributed by atoms with E-state index in [1.807, 2.05) is 18.2 Å². The van der Waals surface area contributed by atoms with Gasteiger partial charge < -0.3 is 14.8 Å². The zero-order valence-electron chi connectivity index (χ0n) is 12.5. The molecule has 1 heterocycles. The van der Waals surface area contributed by atoms with Crippen molar-refractivity contribution in [3.05, 3.63) is 29.6 Å². The van der Waals surface area contributed by atoms with Gasteiger partial charge in [0.15, 0.2) is 0 Å². The van der Waals surface area contributed by atoms with Crippen molar-refractivity contribution in [2.45, 2.75) is 45.9 Å². The Hall–Kier alpha value is -0.970. The fraction of sp³-hybridized carbons (Fsp3) is 0.667. The van der Waals surface area contributed by atoms with Crippen LogP contribution in [0, 0.1) is 0 Å². The highest BCUT2D eigenvalue weighted by Crippen LogP contribution is 2.13. The van der Waals surface area contributed by atoms with E-state index in [2.05, 4.69) is 31.1 Å². The lowest BCUT2D eigenvalue weighted by Gasteiger charge is -2.22. The molecule has 0 atom stereocenters. The minimum Gasteiger partial charge on any atom is -0.379 e. The van der Waals surface area contributed by atoms with Crippen LogP contribution in [0.15, 0.2) is 18.2 Å². The van der Waals surface area contributed by atoms with Crippen LogP contribution in [0.5, 0.6) is 0 Å². The molecule has 0 saturated heterocycles. The Morgan fingerprint density at radius 1 is 1.26 bits per heavy atom. The lowest BCUT2D eigenvalue weighted by Crippen LogP contribution is -2.24. The van der Waals surface area contributed by atoms with Crippen molar-refractivity contribution < 1.29 is 9.47 Å². The summed E-state index contributed by atoms with van der Waals surface area (Å²) in [5.41, 5.74) is 1.91. The summed E-state index contributed by atoms with van der Waals surface area (Å²) < 4.78 is 11.0. The van der Waals surface area contributed by atoms with Gasteiger partial charge in [-0.15, -0.1) is 0 Å². The third-order valence-corrected chi connectivity index (χ3v) is 3.07. The van der Waals surface area contributed by atoms with Gasteiger partial charge in [-0.05, 0) is 38.9 Å². The standard InChI is InChI=1S/C15H26N2O2/c1-5-16-11-13-7-6-8-14(17-13)12-19-10-9-15(2,3)18-4/h6-8,16H,5,9-12H2,1-4H3. The summed E-state index contributed by atoms with van der Waals surface area (Å²) in [6.07, 6.45) is 0.876. The third-order valence-electron chi connectivity index (χ3n) is 3.07. The highest BCUT2D eigenvalue weighted by molar-refractivity contribution is 5.10. The normalized spacial score (nSPS) is 11.8. The van der Waals surface area contributed by atoms with Crippen molar-refractivity contribution in [1.82, 2.24) is 10.3 Å². The van der Waals surface area contributed by atoms with E-state index in [9.17, 15) is 0 Å². The van der Waals surface area contributed by atoms with E-state index in [1.165, 1.54) is 0 Å². The molecule has 4 heteroatoms. The molecule has 0 aliphatic heterocycles. The van der Waals surface area contributed by atoms with Gasteiger partial charge in [0, 0.05) is 20.3 Å². The van der Waals surface area contributed by atoms with Crippen LogP contribution in [0.25, 0.3) is 0 Å². The molecule has 0 saturated carbocycles. The molecule has 0 radical (unpaired) electrons. The average molecular weight is 266 g/mol. The lowest BCUT2D eigenvalue weighted by atomic mass is 10.1. The topological polar surface area (TPSA) is 43.4 Å². The molecule has 1 aromatic heterocycles. The second-order valence-corrected chi connectivity index (χ2v) is 5.17. The van der Waals surface area contributed by atoms with Crippen molar-refractivity contribution in [3.8, 4) is 0 Å². The van der Waals surface area contributed by atoms with E-state index in [1.54, 1.807) is 7.11 Å². The van der Waals surface area contributed by atoms with Crippen LogP contribution in [-0.2, 0) is 22.6 Å². The van der Waals surface area contributed by atoms with Crippen LogP contribution in [0.2, 0.25) is 0 Å². The first-order valence-corrected chi connectivity index (χ1v) is 6.86. The van der Waals surface area contributed by atoms with Gasteiger partial charge in [-0.3, -0.25) is 4.98 Å². The lowest BCUT2D eigenvalue weighted by molar-refractivity contribution is -0.0128. The second-order valence-electron chi connectivity index (χ2n) is 5.17. The second kappa shape index (κ2) is 8.25. The first kappa shape index (κ1) is 16.1. The average Bonchev–Trinajstić information content (AvgIpc) is 2.42. The van der Waals surface area contributed by atoms with E-state index < -0.39 is 0 Å². The molecule has 0 aliphatic carbocycles. The molecule has 0 aromatic carbocycles. The van der Waals surface area contributed by atoms with Gasteiger partial charge in [-0.25, -0.2) is 0 Å². The van der Waals surface area contributed by atoms with Gasteiger partial charge >= 0.3 is 0 Å². The Morgan fingerprint density at radius 2 is 2.00 bits per heavy atom. The largest absolute Gasteiger partial charge is 0.379 e. The van der Waals surface area contributed by atoms with Crippen molar-refractivity contribution in [2.75, 3.05) is 20.3 Å². The molecular weight excluding hydrogens is 240 g/mol. The highest BCUT2D eigenvalue weighted by Gasteiger charge is 2.15. The number of aromatic nitrogens is 1. The van der Waals surface area contributed by atoms with Crippen LogP contribution in [0.4, 0.5) is 0 Å². The van der Waals surface area contributed by atoms with Gasteiger partial charge in [0.05, 0.1) is 23.6 Å². The first-order valence-electron chi connectivity index (χ1n) is 6.86. The number of hydrogen-bond donors (Lipinski definition) is 1. The number of pyridine rings is 1. The number of ether oxygens (including phenoxy) is 2. The number of nitrogens with zero attached hydrogens (tertiary/aromatic N) is 1. The van der Waals surface area contributed by atoms with Gasteiger partial charge in [0.25, 0.3) is 0 Å². The molecule has 0 amide bonds. The van der Waals surface area contributed by atoms with Gasteiger partial charge in [0.2, 0.25) is 0 Å². The van der Waals surface area contributed by atoms with E-state index >= 15 is 0 Å². The maximum atomic E-state index is 5.65. The Labute approximate surface area is 116 Å². The Kier molecular flexibility index (Phi) is 6.99. The predicted octanol–water partition coefficient (Wildman–Crippen LogP) is 2.52. The van der Waals surface area contributed by atoms with Crippen LogP contribution < -0.4 is 5.32 Å². The maximum absolute atomic E-state index is 5.65. The summed E-state index contributed by atoms with van der Waals surface area (Å²) in [5.74, 6) is 0. The Balaban J connectivity index is 2.33. The van der Waals surface area contributed by atoms with Crippen molar-refractivity contribution in [3.63, 3.8) is 0 Å². The van der Waals surface area contributed by atoms with Crippen molar-refractivity contribution in [1.29, 1.82) is 0 Å². The molecule has 0 aliphatic rings. The molecule has 1 rings (SSSR count). The first-order chi connectivity index (χ1) is 9.07. The maximum Gasteiger partial charge on any atom is 0.0887 e. The van der Waals surface area contributed by atoms with Crippen molar-refractivity contribution >= 4 is 0 Å². The zero-order valence-corrected chi connectivity index (χ0v) is 12.5. The number of hydrogen-bond acceptors (Lipinski definition) is 4. The summed E-state index contributed by atoms with van der Waals surface area (Å²) in [7, 11) is 1.73. The molecule has 19 heavy (non-hydrogen) atoms. The number of nitrogens with one attached hydrogen (secondary N) is 1. The fourth-order valence-electron chi connectivity index (χ4n) is 1.56. The highest BCUT2D eigenvalue weighted by atomic mass is 16.5. The molecule has 0 spiro atoms. The molecule has 1 aromatic rings. The number of methoxy groups -OCH3 is 1. The molecule has 0 fully saturated rings. The van der Waals surface area contributed by atoms with Crippen LogP contribution >= 0.6 is 0 Å². The van der Waals surface area contributed by atoms with Crippen LogP contribution in [-0.4, -0.2) is 30.8 Å². The van der Waals surface area contributed by atoms with E-state index in [0.29, 0.717) is 13.2 Å². The van der Waals surface area contributed by atoms with Gasteiger partial charge in [0.1, 0.15) is 0 Å². The Bertz CT molecular complexity index is 367. The number of rotatable bonds is 9. The smallest absolute Gasteiger partial charge is 0.0887 e. The summed E-state index contributed by atoms with van der Waals surface area (Å²) in [6, 6.07) is 6.05. The molecule has 1 N–H and O–H groups in total. The fourth-order valence-corrected chi connectivity index (χ4v) is 1.56. The van der Waals surface area contributed by atoms with E-state index in [4.69, 9.17) is 9.47 Å². The zero-order chi connectivity index (χ0) is 14.1. The van der Waals surface area contributed by atoms with Crippen LogP contribution in [0.3, 0.4) is 0 Å². The van der Waals surface area contributed by atoms with E-state index in [-0.39, 0.29) is 5.60 Å². The molecule has 0 unspecified atom stereocenters. The van der Waals surface area contributed by atoms with Gasteiger partial charge in [-0.2, -0.15) is 0 Å². The molecule has 4 nitrogen and oxygen atoms in total. The summed E-state index contributed by atoms with van der Waals surface area (Å²) >= 11 is 0. The summed E-state index contributed by atoms with van der Waals surface area (Å²) in [4.78, 5) is 4.55. The summed E-state index contributed by atoms with van der Waals surface area (Å²) in [6.45, 7) is 9.21. The molecule has 108 valence electrons. The van der Waals surface area contributed by atoms with Crippen LogP contribution in [0.1, 0.15) is 38.6 Å². The molecular formula is C15H26N2O2. The SMILES string of the molecule is CCNCc1cccc(COCCC(C)(C)OC)n1. The quantitative estimate of drug-likeness (QED) is 0.698. The molecule has 0 bridgehead atoms.